The van der Waals surface area contributed by atoms with E-state index in [1.807, 2.05) is 0 Å². The number of amides is 3. The van der Waals surface area contributed by atoms with E-state index < -0.39 is 0 Å². The average molecular weight is 415 g/mol. The summed E-state index contributed by atoms with van der Waals surface area (Å²) in [6.07, 6.45) is 1.46. The molecule has 3 rings (SSSR count). The fourth-order valence-corrected chi connectivity index (χ4v) is 3.41. The topological polar surface area (TPSA) is 105 Å². The predicted molar refractivity (Wildman–Crippen MR) is 113 cm³/mol. The van der Waals surface area contributed by atoms with Gasteiger partial charge in [0.1, 0.15) is 0 Å². The smallest absolute Gasteiger partial charge is 0.257 e. The van der Waals surface area contributed by atoms with Crippen molar-refractivity contribution in [2.45, 2.75) is 12.8 Å². The summed E-state index contributed by atoms with van der Waals surface area (Å²) in [7, 11) is 0. The molecule has 1 fully saturated rings. The third-order valence-corrected chi connectivity index (χ3v) is 5.13. The highest BCUT2D eigenvalue weighted by Crippen LogP contribution is 2.20. The summed E-state index contributed by atoms with van der Waals surface area (Å²) in [5.74, 6) is -1.11. The molecule has 7 nitrogen and oxygen atoms in total. The Balaban J connectivity index is 1.63. The monoisotopic (exact) mass is 414 g/mol. The Hall–Kier alpha value is -3.06. The van der Waals surface area contributed by atoms with E-state index in [2.05, 4.69) is 10.6 Å². The molecule has 4 N–H and O–H groups in total. The van der Waals surface area contributed by atoms with Crippen LogP contribution in [0.3, 0.4) is 0 Å². The average Bonchev–Trinajstić information content (AvgIpc) is 2.74. The van der Waals surface area contributed by atoms with Crippen LogP contribution in [0, 0.1) is 5.92 Å². The van der Waals surface area contributed by atoms with E-state index >= 15 is 0 Å². The van der Waals surface area contributed by atoms with E-state index in [0.29, 0.717) is 41.5 Å². The normalized spacial score (nSPS) is 16.2. The summed E-state index contributed by atoms with van der Waals surface area (Å²) in [5.41, 5.74) is 6.97. The van der Waals surface area contributed by atoms with Crippen LogP contribution in [0.4, 0.5) is 11.4 Å². The number of hydrogen-bond donors (Lipinski definition) is 3. The number of nitrogens with one attached hydrogen (secondary N) is 2. The minimum atomic E-state index is -0.375. The van der Waals surface area contributed by atoms with Crippen molar-refractivity contribution in [3.63, 3.8) is 0 Å². The summed E-state index contributed by atoms with van der Waals surface area (Å²) in [6.45, 7) is 0.967. The number of primary amides is 1. The fourth-order valence-electron chi connectivity index (χ4n) is 3.29. The minimum Gasteiger partial charge on any atom is -0.376 e. The summed E-state index contributed by atoms with van der Waals surface area (Å²) in [4.78, 5) is 38.2. The molecular weight excluding hydrogens is 392 g/mol. The second kappa shape index (κ2) is 9.43. The molecule has 1 aliphatic rings. The van der Waals surface area contributed by atoms with Crippen LogP contribution in [0.1, 0.15) is 23.2 Å². The van der Waals surface area contributed by atoms with Crippen LogP contribution in [0.15, 0.2) is 48.5 Å². The number of halogens is 1. The molecule has 0 saturated carbocycles. The predicted octanol–water partition coefficient (Wildman–Crippen LogP) is 2.73. The lowest BCUT2D eigenvalue weighted by molar-refractivity contribution is -0.133. The highest BCUT2D eigenvalue weighted by molar-refractivity contribution is 6.30. The second-order valence-corrected chi connectivity index (χ2v) is 7.38. The van der Waals surface area contributed by atoms with Crippen LogP contribution in [0.2, 0.25) is 5.02 Å². The zero-order valence-corrected chi connectivity index (χ0v) is 16.6. The van der Waals surface area contributed by atoms with Crippen molar-refractivity contribution >= 4 is 40.7 Å². The van der Waals surface area contributed by atoms with Crippen LogP contribution in [-0.2, 0) is 9.59 Å². The Morgan fingerprint density at radius 1 is 1.10 bits per heavy atom. The van der Waals surface area contributed by atoms with E-state index in [0.717, 1.165) is 6.42 Å². The van der Waals surface area contributed by atoms with E-state index in [4.69, 9.17) is 17.3 Å². The van der Waals surface area contributed by atoms with Gasteiger partial charge in [-0.25, -0.2) is 0 Å². The molecule has 1 heterocycles. The van der Waals surface area contributed by atoms with Gasteiger partial charge in [0, 0.05) is 29.5 Å². The van der Waals surface area contributed by atoms with E-state index in [-0.39, 0.29) is 30.2 Å². The number of carbonyl (C=O) groups is 3. The van der Waals surface area contributed by atoms with Crippen LogP contribution >= 0.6 is 11.6 Å². The number of para-hydroxylation sites is 1. The van der Waals surface area contributed by atoms with Crippen LogP contribution in [0.5, 0.6) is 0 Å². The molecular formula is C21H23ClN4O3. The minimum absolute atomic E-state index is 0.0245. The van der Waals surface area contributed by atoms with Crippen molar-refractivity contribution in [2.24, 2.45) is 11.7 Å². The lowest BCUT2D eigenvalue weighted by atomic mass is 9.97. The van der Waals surface area contributed by atoms with Crippen molar-refractivity contribution in [1.29, 1.82) is 0 Å². The van der Waals surface area contributed by atoms with Crippen LogP contribution in [0.25, 0.3) is 0 Å². The first-order chi connectivity index (χ1) is 13.9. The molecule has 2 aromatic carbocycles. The van der Waals surface area contributed by atoms with Gasteiger partial charge < -0.3 is 21.3 Å². The maximum Gasteiger partial charge on any atom is 0.257 e. The number of likely N-dealkylation sites (tertiary alicyclic amines) is 1. The number of carbonyl (C=O) groups excluding carboxylic acids is 3. The molecule has 8 heteroatoms. The van der Waals surface area contributed by atoms with Crippen molar-refractivity contribution in [3.8, 4) is 0 Å². The number of piperidine rings is 1. The van der Waals surface area contributed by atoms with E-state index in [9.17, 15) is 14.4 Å². The molecule has 1 saturated heterocycles. The Labute approximate surface area is 174 Å². The number of hydrogen-bond acceptors (Lipinski definition) is 4. The maximum atomic E-state index is 12.7. The Kier molecular flexibility index (Phi) is 6.72. The first kappa shape index (κ1) is 20.7. The molecule has 0 spiro atoms. The van der Waals surface area contributed by atoms with Gasteiger partial charge in [-0.1, -0.05) is 23.7 Å². The van der Waals surface area contributed by atoms with Gasteiger partial charge >= 0.3 is 0 Å². The summed E-state index contributed by atoms with van der Waals surface area (Å²) >= 11 is 5.87. The van der Waals surface area contributed by atoms with Crippen molar-refractivity contribution in [2.75, 3.05) is 30.3 Å². The molecule has 1 atom stereocenters. The number of rotatable bonds is 6. The SMILES string of the molecule is NC(=O)C1CCCN(C(=O)CNc2ccccc2C(=O)Nc2ccc(Cl)cc2)C1. The zero-order valence-electron chi connectivity index (χ0n) is 15.9. The van der Waals surface area contributed by atoms with Gasteiger partial charge in [0.05, 0.1) is 18.0 Å². The highest BCUT2D eigenvalue weighted by atomic mass is 35.5. The molecule has 1 aliphatic heterocycles. The molecule has 0 aliphatic carbocycles. The molecule has 29 heavy (non-hydrogen) atoms. The molecule has 0 bridgehead atoms. The van der Waals surface area contributed by atoms with E-state index in [1.165, 1.54) is 0 Å². The van der Waals surface area contributed by atoms with Gasteiger partial charge in [-0.15, -0.1) is 0 Å². The van der Waals surface area contributed by atoms with Gasteiger partial charge in [0.25, 0.3) is 5.91 Å². The first-order valence-corrected chi connectivity index (χ1v) is 9.79. The Morgan fingerprint density at radius 3 is 2.55 bits per heavy atom. The van der Waals surface area contributed by atoms with Crippen molar-refractivity contribution in [3.05, 3.63) is 59.1 Å². The van der Waals surface area contributed by atoms with Crippen LogP contribution in [-0.4, -0.2) is 42.3 Å². The summed E-state index contributed by atoms with van der Waals surface area (Å²) in [5, 5.41) is 6.43. The van der Waals surface area contributed by atoms with Gasteiger partial charge in [0.2, 0.25) is 11.8 Å². The van der Waals surface area contributed by atoms with Gasteiger partial charge in [0.15, 0.2) is 0 Å². The summed E-state index contributed by atoms with van der Waals surface area (Å²) < 4.78 is 0. The molecule has 0 aromatic heterocycles. The Morgan fingerprint density at radius 2 is 1.83 bits per heavy atom. The third kappa shape index (κ3) is 5.48. The van der Waals surface area contributed by atoms with Crippen molar-refractivity contribution < 1.29 is 14.4 Å². The summed E-state index contributed by atoms with van der Waals surface area (Å²) in [6, 6.07) is 13.8. The quantitative estimate of drug-likeness (QED) is 0.675. The fraction of sp³-hybridized carbons (Fsp3) is 0.286. The van der Waals surface area contributed by atoms with Gasteiger partial charge in [-0.05, 0) is 49.2 Å². The second-order valence-electron chi connectivity index (χ2n) is 6.94. The van der Waals surface area contributed by atoms with Gasteiger partial charge in [-0.2, -0.15) is 0 Å². The molecule has 3 amide bonds. The molecule has 1 unspecified atom stereocenters. The maximum absolute atomic E-state index is 12.7. The number of benzene rings is 2. The standard InChI is InChI=1S/C21H23ClN4O3/c22-15-7-9-16(10-8-15)25-21(29)17-5-1-2-6-18(17)24-12-19(27)26-11-3-4-14(13-26)20(23)28/h1-2,5-10,14,24H,3-4,11-13H2,(H2,23,28)(H,25,29). The number of nitrogens with zero attached hydrogens (tertiary/aromatic N) is 1. The lowest BCUT2D eigenvalue weighted by Gasteiger charge is -2.31. The van der Waals surface area contributed by atoms with Crippen molar-refractivity contribution in [1.82, 2.24) is 4.90 Å². The molecule has 0 radical (unpaired) electrons. The lowest BCUT2D eigenvalue weighted by Crippen LogP contribution is -2.46. The number of nitrogens with two attached hydrogens (primary N) is 1. The number of anilines is 2. The molecule has 152 valence electrons. The van der Waals surface area contributed by atoms with E-state index in [1.54, 1.807) is 53.4 Å². The Bertz CT molecular complexity index is 901. The molecule has 2 aromatic rings. The first-order valence-electron chi connectivity index (χ1n) is 9.41. The van der Waals surface area contributed by atoms with Crippen LogP contribution < -0.4 is 16.4 Å². The van der Waals surface area contributed by atoms with Gasteiger partial charge in [-0.3, -0.25) is 14.4 Å². The highest BCUT2D eigenvalue weighted by Gasteiger charge is 2.26. The zero-order chi connectivity index (χ0) is 20.8. The third-order valence-electron chi connectivity index (χ3n) is 4.88. The largest absolute Gasteiger partial charge is 0.376 e.